The molecule has 0 bridgehead atoms. The maximum Gasteiger partial charge on any atom is 0.135 e. The molecule has 1 atom stereocenters. The second-order valence-electron chi connectivity index (χ2n) is 4.70. The molecular formula is C13H24O. The molecular weight excluding hydrogens is 172 g/mol. The summed E-state index contributed by atoms with van der Waals surface area (Å²) < 4.78 is 0. The fraction of sp³-hybridized carbons (Fsp3) is 0.923. The molecule has 0 aromatic rings. The van der Waals surface area contributed by atoms with E-state index in [0.717, 1.165) is 18.8 Å². The van der Waals surface area contributed by atoms with Gasteiger partial charge in [0.25, 0.3) is 0 Å². The Morgan fingerprint density at radius 2 is 2.00 bits per heavy atom. The molecule has 1 aliphatic rings. The molecule has 0 amide bonds. The van der Waals surface area contributed by atoms with Crippen LogP contribution in [0, 0.1) is 11.8 Å². The van der Waals surface area contributed by atoms with E-state index in [4.69, 9.17) is 0 Å². The van der Waals surface area contributed by atoms with Gasteiger partial charge in [-0.2, -0.15) is 0 Å². The Labute approximate surface area is 88.3 Å². The van der Waals surface area contributed by atoms with E-state index >= 15 is 0 Å². The van der Waals surface area contributed by atoms with Crippen molar-refractivity contribution in [3.8, 4) is 0 Å². The first-order valence-corrected chi connectivity index (χ1v) is 6.30. The molecule has 1 unspecified atom stereocenters. The Bertz CT molecular complexity index is 170. The summed E-state index contributed by atoms with van der Waals surface area (Å²) in [5.74, 6) is 1.82. The number of hydrogen-bond donors (Lipinski definition) is 0. The lowest BCUT2D eigenvalue weighted by atomic mass is 9.93. The minimum Gasteiger partial charge on any atom is -0.299 e. The molecule has 0 aromatic heterocycles. The third kappa shape index (κ3) is 4.26. The lowest BCUT2D eigenvalue weighted by Gasteiger charge is -2.13. The van der Waals surface area contributed by atoms with E-state index in [9.17, 15) is 4.79 Å². The van der Waals surface area contributed by atoms with Crippen molar-refractivity contribution in [2.45, 2.75) is 65.2 Å². The standard InChI is InChI=1S/C13H24O/c1-3-5-6-11(4-2)7-10-13(14)12-8-9-12/h11-12H,3-10H2,1-2H3. The number of carbonyl (C=O) groups excluding carboxylic acids is 1. The molecule has 0 aliphatic heterocycles. The lowest BCUT2D eigenvalue weighted by molar-refractivity contribution is -0.120. The molecule has 1 nitrogen and oxygen atoms in total. The predicted molar refractivity (Wildman–Crippen MR) is 60.3 cm³/mol. The first-order chi connectivity index (χ1) is 6.77. The molecule has 0 heterocycles. The zero-order valence-electron chi connectivity index (χ0n) is 9.72. The van der Waals surface area contributed by atoms with E-state index in [1.54, 1.807) is 0 Å². The van der Waals surface area contributed by atoms with Gasteiger partial charge in [-0.25, -0.2) is 0 Å². The molecule has 0 radical (unpaired) electrons. The summed E-state index contributed by atoms with van der Waals surface area (Å²) >= 11 is 0. The van der Waals surface area contributed by atoms with Crippen LogP contribution in [0.5, 0.6) is 0 Å². The van der Waals surface area contributed by atoms with Gasteiger partial charge in [0.1, 0.15) is 5.78 Å². The van der Waals surface area contributed by atoms with E-state index in [1.165, 1.54) is 38.5 Å². The summed E-state index contributed by atoms with van der Waals surface area (Å²) in [7, 11) is 0. The van der Waals surface area contributed by atoms with Crippen molar-refractivity contribution in [2.75, 3.05) is 0 Å². The predicted octanol–water partition coefficient (Wildman–Crippen LogP) is 3.96. The van der Waals surface area contributed by atoms with E-state index in [0.29, 0.717) is 11.7 Å². The van der Waals surface area contributed by atoms with Gasteiger partial charge in [-0.1, -0.05) is 39.5 Å². The summed E-state index contributed by atoms with van der Waals surface area (Å²) in [5, 5.41) is 0. The van der Waals surface area contributed by atoms with Crippen LogP contribution in [-0.4, -0.2) is 5.78 Å². The van der Waals surface area contributed by atoms with Crippen molar-refractivity contribution in [1.29, 1.82) is 0 Å². The third-order valence-corrected chi connectivity index (χ3v) is 3.37. The van der Waals surface area contributed by atoms with Gasteiger partial charge in [0, 0.05) is 12.3 Å². The molecule has 14 heavy (non-hydrogen) atoms. The summed E-state index contributed by atoms with van der Waals surface area (Å²) in [6.45, 7) is 4.49. The van der Waals surface area contributed by atoms with Crippen LogP contribution in [-0.2, 0) is 4.79 Å². The van der Waals surface area contributed by atoms with Crippen LogP contribution in [0.1, 0.15) is 65.2 Å². The lowest BCUT2D eigenvalue weighted by Crippen LogP contribution is -2.05. The number of carbonyl (C=O) groups is 1. The van der Waals surface area contributed by atoms with Crippen molar-refractivity contribution in [1.82, 2.24) is 0 Å². The van der Waals surface area contributed by atoms with Crippen LogP contribution < -0.4 is 0 Å². The van der Waals surface area contributed by atoms with Gasteiger partial charge >= 0.3 is 0 Å². The number of unbranched alkanes of at least 4 members (excludes halogenated alkanes) is 1. The zero-order chi connectivity index (χ0) is 10.4. The van der Waals surface area contributed by atoms with E-state index in [1.807, 2.05) is 0 Å². The Morgan fingerprint density at radius 3 is 2.50 bits per heavy atom. The zero-order valence-corrected chi connectivity index (χ0v) is 9.72. The van der Waals surface area contributed by atoms with Crippen LogP contribution in [0.2, 0.25) is 0 Å². The molecule has 0 N–H and O–H groups in total. The average molecular weight is 196 g/mol. The average Bonchev–Trinajstić information content (AvgIpc) is 3.01. The van der Waals surface area contributed by atoms with Crippen molar-refractivity contribution in [2.24, 2.45) is 11.8 Å². The topological polar surface area (TPSA) is 17.1 Å². The molecule has 0 spiro atoms. The maximum atomic E-state index is 11.5. The maximum absolute atomic E-state index is 11.5. The van der Waals surface area contributed by atoms with Gasteiger partial charge in [-0.05, 0) is 25.2 Å². The summed E-state index contributed by atoms with van der Waals surface area (Å²) in [6.07, 6.45) is 9.53. The fourth-order valence-electron chi connectivity index (χ4n) is 2.00. The molecule has 0 saturated heterocycles. The Kier molecular flexibility index (Phi) is 5.21. The Morgan fingerprint density at radius 1 is 1.29 bits per heavy atom. The van der Waals surface area contributed by atoms with Crippen molar-refractivity contribution in [3.05, 3.63) is 0 Å². The Hall–Kier alpha value is -0.330. The Balaban J connectivity index is 2.09. The van der Waals surface area contributed by atoms with Gasteiger partial charge in [0.05, 0.1) is 0 Å². The second kappa shape index (κ2) is 6.21. The highest BCUT2D eigenvalue weighted by Gasteiger charge is 2.28. The third-order valence-electron chi connectivity index (χ3n) is 3.37. The molecule has 1 fully saturated rings. The van der Waals surface area contributed by atoms with Gasteiger partial charge in [0.2, 0.25) is 0 Å². The van der Waals surface area contributed by atoms with Gasteiger partial charge in [0.15, 0.2) is 0 Å². The quantitative estimate of drug-likeness (QED) is 0.574. The molecule has 0 aromatic carbocycles. The first-order valence-electron chi connectivity index (χ1n) is 6.30. The molecule has 82 valence electrons. The van der Waals surface area contributed by atoms with Gasteiger partial charge in [-0.15, -0.1) is 0 Å². The van der Waals surface area contributed by atoms with E-state index in [-0.39, 0.29) is 0 Å². The van der Waals surface area contributed by atoms with Crippen molar-refractivity contribution < 1.29 is 4.79 Å². The molecule has 1 saturated carbocycles. The fourth-order valence-corrected chi connectivity index (χ4v) is 2.00. The largest absolute Gasteiger partial charge is 0.299 e. The number of rotatable bonds is 8. The minimum atomic E-state index is 0.471. The SMILES string of the molecule is CCCCC(CC)CCC(=O)C1CC1. The van der Waals surface area contributed by atoms with Crippen LogP contribution in [0.3, 0.4) is 0 Å². The minimum absolute atomic E-state index is 0.471. The highest BCUT2D eigenvalue weighted by Crippen LogP contribution is 2.32. The number of ketones is 1. The highest BCUT2D eigenvalue weighted by atomic mass is 16.1. The van der Waals surface area contributed by atoms with Gasteiger partial charge < -0.3 is 0 Å². The smallest absolute Gasteiger partial charge is 0.135 e. The highest BCUT2D eigenvalue weighted by molar-refractivity contribution is 5.83. The summed E-state index contributed by atoms with van der Waals surface area (Å²) in [5.41, 5.74) is 0. The van der Waals surface area contributed by atoms with Crippen LogP contribution in [0.4, 0.5) is 0 Å². The molecule has 1 aliphatic carbocycles. The van der Waals surface area contributed by atoms with Crippen molar-refractivity contribution >= 4 is 5.78 Å². The monoisotopic (exact) mass is 196 g/mol. The molecule has 1 heteroatoms. The molecule has 1 rings (SSSR count). The van der Waals surface area contributed by atoms with Gasteiger partial charge in [-0.3, -0.25) is 4.79 Å². The second-order valence-corrected chi connectivity index (χ2v) is 4.70. The first kappa shape index (κ1) is 11.7. The number of Topliss-reactive ketones (excluding diaryl/α,β-unsaturated/α-hetero) is 1. The van der Waals surface area contributed by atoms with E-state index in [2.05, 4.69) is 13.8 Å². The van der Waals surface area contributed by atoms with Crippen LogP contribution >= 0.6 is 0 Å². The summed E-state index contributed by atoms with van der Waals surface area (Å²) in [4.78, 5) is 11.5. The van der Waals surface area contributed by atoms with Crippen LogP contribution in [0.25, 0.3) is 0 Å². The number of hydrogen-bond acceptors (Lipinski definition) is 1. The van der Waals surface area contributed by atoms with Crippen molar-refractivity contribution in [3.63, 3.8) is 0 Å². The summed E-state index contributed by atoms with van der Waals surface area (Å²) in [6, 6.07) is 0. The van der Waals surface area contributed by atoms with E-state index < -0.39 is 0 Å². The normalized spacial score (nSPS) is 18.1. The van der Waals surface area contributed by atoms with Crippen LogP contribution in [0.15, 0.2) is 0 Å².